The summed E-state index contributed by atoms with van der Waals surface area (Å²) in [6, 6.07) is 9.29. The van der Waals surface area contributed by atoms with Crippen LogP contribution in [0.3, 0.4) is 0 Å². The SMILES string of the molecule is CCCCN(CCO)C1CCc2ccccc21. The Balaban J connectivity index is 2.09. The monoisotopic (exact) mass is 233 g/mol. The van der Waals surface area contributed by atoms with Gasteiger partial charge in [0.2, 0.25) is 0 Å². The summed E-state index contributed by atoms with van der Waals surface area (Å²) in [5, 5.41) is 9.20. The fourth-order valence-electron chi connectivity index (χ4n) is 2.83. The highest BCUT2D eigenvalue weighted by atomic mass is 16.3. The summed E-state index contributed by atoms with van der Waals surface area (Å²) in [7, 11) is 0. The molecule has 1 aliphatic rings. The number of aliphatic hydroxyl groups is 1. The number of aryl methyl sites for hydroxylation is 1. The van der Waals surface area contributed by atoms with E-state index in [2.05, 4.69) is 36.1 Å². The van der Waals surface area contributed by atoms with Crippen LogP contribution in [0.15, 0.2) is 24.3 Å². The van der Waals surface area contributed by atoms with Crippen LogP contribution in [0.1, 0.15) is 43.4 Å². The van der Waals surface area contributed by atoms with Crippen molar-refractivity contribution in [3.05, 3.63) is 35.4 Å². The van der Waals surface area contributed by atoms with E-state index in [4.69, 9.17) is 0 Å². The molecule has 94 valence electrons. The largest absolute Gasteiger partial charge is 0.395 e. The fraction of sp³-hybridized carbons (Fsp3) is 0.600. The minimum Gasteiger partial charge on any atom is -0.395 e. The van der Waals surface area contributed by atoms with E-state index in [1.807, 2.05) is 0 Å². The first-order chi connectivity index (χ1) is 8.36. The number of aliphatic hydroxyl groups excluding tert-OH is 1. The molecular weight excluding hydrogens is 210 g/mol. The molecule has 0 amide bonds. The van der Waals surface area contributed by atoms with Crippen molar-refractivity contribution in [3.8, 4) is 0 Å². The quantitative estimate of drug-likeness (QED) is 0.816. The molecule has 1 aromatic rings. The molecule has 0 saturated heterocycles. The Bertz CT molecular complexity index is 351. The number of hydrogen-bond donors (Lipinski definition) is 1. The lowest BCUT2D eigenvalue weighted by molar-refractivity contribution is 0.148. The molecule has 1 unspecified atom stereocenters. The first kappa shape index (κ1) is 12.6. The van der Waals surface area contributed by atoms with E-state index >= 15 is 0 Å². The Morgan fingerprint density at radius 1 is 1.29 bits per heavy atom. The lowest BCUT2D eigenvalue weighted by Crippen LogP contribution is -2.31. The minimum absolute atomic E-state index is 0.266. The smallest absolute Gasteiger partial charge is 0.0558 e. The van der Waals surface area contributed by atoms with Crippen LogP contribution in [0.5, 0.6) is 0 Å². The van der Waals surface area contributed by atoms with Crippen molar-refractivity contribution in [1.29, 1.82) is 0 Å². The molecule has 2 heteroatoms. The number of fused-ring (bicyclic) bond motifs is 1. The molecule has 0 fully saturated rings. The second-order valence-corrected chi connectivity index (χ2v) is 4.87. The van der Waals surface area contributed by atoms with Gasteiger partial charge in [0.25, 0.3) is 0 Å². The molecule has 2 nitrogen and oxygen atoms in total. The Morgan fingerprint density at radius 3 is 2.88 bits per heavy atom. The van der Waals surface area contributed by atoms with E-state index in [-0.39, 0.29) is 6.61 Å². The van der Waals surface area contributed by atoms with Gasteiger partial charge in [-0.2, -0.15) is 0 Å². The molecule has 0 saturated carbocycles. The molecule has 0 aliphatic heterocycles. The first-order valence-corrected chi connectivity index (χ1v) is 6.79. The molecular formula is C15H23NO. The number of benzene rings is 1. The van der Waals surface area contributed by atoms with E-state index in [9.17, 15) is 5.11 Å². The van der Waals surface area contributed by atoms with Gasteiger partial charge >= 0.3 is 0 Å². The predicted octanol–water partition coefficient (Wildman–Crippen LogP) is 2.77. The van der Waals surface area contributed by atoms with Gasteiger partial charge in [0.05, 0.1) is 6.61 Å². The highest BCUT2D eigenvalue weighted by molar-refractivity contribution is 5.34. The molecule has 0 bridgehead atoms. The molecule has 0 radical (unpaired) electrons. The third-order valence-corrected chi connectivity index (χ3v) is 3.73. The van der Waals surface area contributed by atoms with Gasteiger partial charge in [-0.1, -0.05) is 37.6 Å². The van der Waals surface area contributed by atoms with Gasteiger partial charge in [0.1, 0.15) is 0 Å². The van der Waals surface area contributed by atoms with Crippen LogP contribution in [0.4, 0.5) is 0 Å². The van der Waals surface area contributed by atoms with Crippen LogP contribution in [0.25, 0.3) is 0 Å². The number of hydrogen-bond acceptors (Lipinski definition) is 2. The zero-order valence-electron chi connectivity index (χ0n) is 10.7. The fourth-order valence-corrected chi connectivity index (χ4v) is 2.83. The Hall–Kier alpha value is -0.860. The van der Waals surface area contributed by atoms with Gasteiger partial charge in [-0.3, -0.25) is 4.90 Å². The standard InChI is InChI=1S/C15H23NO/c1-2-3-10-16(11-12-17)15-9-8-13-6-4-5-7-14(13)15/h4-7,15,17H,2-3,8-12H2,1H3. The van der Waals surface area contributed by atoms with Gasteiger partial charge in [-0.05, 0) is 36.9 Å². The van der Waals surface area contributed by atoms with Crippen molar-refractivity contribution in [3.63, 3.8) is 0 Å². The van der Waals surface area contributed by atoms with Crippen LogP contribution < -0.4 is 0 Å². The summed E-state index contributed by atoms with van der Waals surface area (Å²) in [6.45, 7) is 4.40. The van der Waals surface area contributed by atoms with Gasteiger partial charge in [0.15, 0.2) is 0 Å². The molecule has 0 aromatic heterocycles. The van der Waals surface area contributed by atoms with Crippen molar-refractivity contribution in [2.45, 2.75) is 38.6 Å². The molecule has 1 aliphatic carbocycles. The van der Waals surface area contributed by atoms with Crippen molar-refractivity contribution < 1.29 is 5.11 Å². The normalized spacial score (nSPS) is 18.6. The second kappa shape index (κ2) is 6.18. The van der Waals surface area contributed by atoms with Crippen LogP contribution >= 0.6 is 0 Å². The number of rotatable bonds is 6. The van der Waals surface area contributed by atoms with Gasteiger partial charge in [0, 0.05) is 12.6 Å². The average molecular weight is 233 g/mol. The number of unbranched alkanes of at least 4 members (excludes halogenated alkanes) is 1. The molecule has 2 rings (SSSR count). The maximum atomic E-state index is 9.20. The van der Waals surface area contributed by atoms with Crippen molar-refractivity contribution >= 4 is 0 Å². The Kier molecular flexibility index (Phi) is 4.57. The van der Waals surface area contributed by atoms with Crippen molar-refractivity contribution in [2.24, 2.45) is 0 Å². The number of nitrogens with zero attached hydrogens (tertiary/aromatic N) is 1. The van der Waals surface area contributed by atoms with Gasteiger partial charge in [-0.15, -0.1) is 0 Å². The topological polar surface area (TPSA) is 23.5 Å². The zero-order chi connectivity index (χ0) is 12.1. The van der Waals surface area contributed by atoms with E-state index in [0.717, 1.165) is 13.1 Å². The first-order valence-electron chi connectivity index (χ1n) is 6.79. The van der Waals surface area contributed by atoms with E-state index in [1.165, 1.54) is 36.8 Å². The lowest BCUT2D eigenvalue weighted by Gasteiger charge is -2.28. The molecule has 1 N–H and O–H groups in total. The maximum Gasteiger partial charge on any atom is 0.0558 e. The van der Waals surface area contributed by atoms with Crippen LogP contribution in [0.2, 0.25) is 0 Å². The molecule has 1 atom stereocenters. The van der Waals surface area contributed by atoms with E-state index in [1.54, 1.807) is 0 Å². The third kappa shape index (κ3) is 2.88. The summed E-state index contributed by atoms with van der Waals surface area (Å²) < 4.78 is 0. The summed E-state index contributed by atoms with van der Waals surface area (Å²) in [5.74, 6) is 0. The molecule has 0 heterocycles. The summed E-state index contributed by atoms with van der Waals surface area (Å²) in [6.07, 6.45) is 4.84. The van der Waals surface area contributed by atoms with E-state index < -0.39 is 0 Å². The Labute approximate surface area is 104 Å². The second-order valence-electron chi connectivity index (χ2n) is 4.87. The zero-order valence-corrected chi connectivity index (χ0v) is 10.7. The summed E-state index contributed by atoms with van der Waals surface area (Å²) in [5.41, 5.74) is 2.98. The van der Waals surface area contributed by atoms with Crippen molar-refractivity contribution in [2.75, 3.05) is 19.7 Å². The average Bonchev–Trinajstić information content (AvgIpc) is 2.78. The van der Waals surface area contributed by atoms with Crippen LogP contribution in [-0.4, -0.2) is 29.7 Å². The Morgan fingerprint density at radius 2 is 2.12 bits per heavy atom. The molecule has 1 aromatic carbocycles. The highest BCUT2D eigenvalue weighted by Gasteiger charge is 2.26. The minimum atomic E-state index is 0.266. The third-order valence-electron chi connectivity index (χ3n) is 3.73. The van der Waals surface area contributed by atoms with Crippen LogP contribution in [0, 0.1) is 0 Å². The van der Waals surface area contributed by atoms with E-state index in [0.29, 0.717) is 6.04 Å². The predicted molar refractivity (Wildman–Crippen MR) is 71.1 cm³/mol. The molecule has 17 heavy (non-hydrogen) atoms. The van der Waals surface area contributed by atoms with Crippen molar-refractivity contribution in [1.82, 2.24) is 4.90 Å². The van der Waals surface area contributed by atoms with Gasteiger partial charge < -0.3 is 5.11 Å². The molecule has 0 spiro atoms. The van der Waals surface area contributed by atoms with Crippen LogP contribution in [-0.2, 0) is 6.42 Å². The lowest BCUT2D eigenvalue weighted by atomic mass is 10.1. The summed E-state index contributed by atoms with van der Waals surface area (Å²) >= 11 is 0. The highest BCUT2D eigenvalue weighted by Crippen LogP contribution is 2.35. The maximum absolute atomic E-state index is 9.20. The summed E-state index contributed by atoms with van der Waals surface area (Å²) in [4.78, 5) is 2.45. The van der Waals surface area contributed by atoms with Gasteiger partial charge in [-0.25, -0.2) is 0 Å².